The quantitative estimate of drug-likeness (QED) is 0.212. The Morgan fingerprint density at radius 1 is 0.974 bits per heavy atom. The van der Waals surface area contributed by atoms with Crippen LogP contribution in [0.25, 0.3) is 0 Å². The van der Waals surface area contributed by atoms with Crippen molar-refractivity contribution in [3.8, 4) is 17.4 Å². The molecule has 0 N–H and O–H groups in total. The van der Waals surface area contributed by atoms with Gasteiger partial charge in [0.2, 0.25) is 5.88 Å². The van der Waals surface area contributed by atoms with E-state index in [-0.39, 0.29) is 36.7 Å². The molecule has 0 aliphatic heterocycles. The lowest BCUT2D eigenvalue weighted by atomic mass is 10.1. The molecule has 2 aromatic carbocycles. The highest BCUT2D eigenvalue weighted by Gasteiger charge is 2.30. The molecule has 0 bridgehead atoms. The first-order chi connectivity index (χ1) is 18.6. The summed E-state index contributed by atoms with van der Waals surface area (Å²) in [6, 6.07) is 11.7. The molecular formula is C29H33F3N2O5. The molecule has 0 spiro atoms. The summed E-state index contributed by atoms with van der Waals surface area (Å²) in [7, 11) is 1.56. The zero-order valence-electron chi connectivity index (χ0n) is 22.5. The van der Waals surface area contributed by atoms with Crippen molar-refractivity contribution < 1.29 is 36.9 Å². The van der Waals surface area contributed by atoms with E-state index in [4.69, 9.17) is 18.9 Å². The number of hydrogen-bond donors (Lipinski definition) is 0. The van der Waals surface area contributed by atoms with E-state index in [2.05, 4.69) is 16.9 Å². The van der Waals surface area contributed by atoms with Gasteiger partial charge in [0.1, 0.15) is 30.8 Å². The molecule has 210 valence electrons. The molecule has 7 nitrogen and oxygen atoms in total. The SMILES string of the molecule is CCCCC(CC)OC(=O)c1nc(COc2ccc(OC)cc2)nc(OCc2cccc(C(F)(F)F)c2)c1C. The number of benzene rings is 2. The Hall–Kier alpha value is -3.82. The molecule has 1 heterocycles. The fraction of sp³-hybridized carbons (Fsp3) is 0.414. The summed E-state index contributed by atoms with van der Waals surface area (Å²) in [6.45, 7) is 5.34. The molecule has 39 heavy (non-hydrogen) atoms. The largest absolute Gasteiger partial charge is 0.497 e. The number of esters is 1. The Morgan fingerprint density at radius 3 is 2.33 bits per heavy atom. The van der Waals surface area contributed by atoms with Crippen molar-refractivity contribution in [3.05, 3.63) is 76.7 Å². The second-order valence-electron chi connectivity index (χ2n) is 8.95. The Kier molecular flexibility index (Phi) is 10.5. The molecule has 3 aromatic rings. The van der Waals surface area contributed by atoms with Crippen LogP contribution in [0.2, 0.25) is 0 Å². The number of aromatic nitrogens is 2. The second-order valence-corrected chi connectivity index (χ2v) is 8.95. The summed E-state index contributed by atoms with van der Waals surface area (Å²) < 4.78 is 61.8. The number of halogens is 3. The summed E-state index contributed by atoms with van der Waals surface area (Å²) >= 11 is 0. The van der Waals surface area contributed by atoms with Crippen molar-refractivity contribution in [1.82, 2.24) is 9.97 Å². The monoisotopic (exact) mass is 546 g/mol. The molecular weight excluding hydrogens is 513 g/mol. The standard InChI is InChI=1S/C29H33F3N2O5/c1-5-7-11-22(6-2)39-28(35)26-19(3)27(38-17-20-9-8-10-21(16-20)29(30,31)32)34-25(33-26)18-37-24-14-12-23(36-4)13-15-24/h8-10,12-16,22H,5-7,11,17-18H2,1-4H3. The van der Waals surface area contributed by atoms with Gasteiger partial charge in [-0.1, -0.05) is 38.8 Å². The van der Waals surface area contributed by atoms with Crippen molar-refractivity contribution in [2.24, 2.45) is 0 Å². The van der Waals surface area contributed by atoms with E-state index < -0.39 is 17.7 Å². The molecule has 0 saturated carbocycles. The number of alkyl halides is 3. The zero-order valence-corrected chi connectivity index (χ0v) is 22.5. The fourth-order valence-corrected chi connectivity index (χ4v) is 3.74. The first kappa shape index (κ1) is 29.7. The Balaban J connectivity index is 1.86. The van der Waals surface area contributed by atoms with E-state index in [1.165, 1.54) is 12.1 Å². The van der Waals surface area contributed by atoms with E-state index in [0.29, 0.717) is 29.0 Å². The van der Waals surface area contributed by atoms with Crippen LogP contribution in [0.15, 0.2) is 48.5 Å². The number of methoxy groups -OCH3 is 1. The van der Waals surface area contributed by atoms with Gasteiger partial charge in [-0.2, -0.15) is 18.2 Å². The van der Waals surface area contributed by atoms with Crippen LogP contribution in [0.1, 0.15) is 72.5 Å². The molecule has 0 fully saturated rings. The Labute approximate surface area is 226 Å². The summed E-state index contributed by atoms with van der Waals surface area (Å²) in [5, 5.41) is 0. The van der Waals surface area contributed by atoms with Crippen molar-refractivity contribution in [1.29, 1.82) is 0 Å². The number of carbonyl (C=O) groups is 1. The lowest BCUT2D eigenvalue weighted by Crippen LogP contribution is -2.21. The number of hydrogen-bond acceptors (Lipinski definition) is 7. The summed E-state index contributed by atoms with van der Waals surface area (Å²) in [4.78, 5) is 21.9. The average Bonchev–Trinajstić information content (AvgIpc) is 2.93. The fourth-order valence-electron chi connectivity index (χ4n) is 3.74. The maximum atomic E-state index is 13.1. The van der Waals surface area contributed by atoms with Gasteiger partial charge in [-0.25, -0.2) is 9.78 Å². The maximum Gasteiger partial charge on any atom is 0.416 e. The summed E-state index contributed by atoms with van der Waals surface area (Å²) in [6.07, 6.45) is -1.46. The smallest absolute Gasteiger partial charge is 0.416 e. The van der Waals surface area contributed by atoms with Gasteiger partial charge in [0.25, 0.3) is 0 Å². The van der Waals surface area contributed by atoms with Crippen LogP contribution >= 0.6 is 0 Å². The zero-order chi connectivity index (χ0) is 28.4. The number of rotatable bonds is 13. The maximum absolute atomic E-state index is 13.1. The molecule has 1 aromatic heterocycles. The van der Waals surface area contributed by atoms with Gasteiger partial charge in [-0.3, -0.25) is 0 Å². The van der Waals surface area contributed by atoms with Gasteiger partial charge in [0.05, 0.1) is 12.7 Å². The summed E-state index contributed by atoms with van der Waals surface area (Å²) in [5.41, 5.74) is -0.134. The van der Waals surface area contributed by atoms with Crippen LogP contribution in [0.5, 0.6) is 17.4 Å². The highest BCUT2D eigenvalue weighted by Crippen LogP contribution is 2.30. The van der Waals surface area contributed by atoms with Crippen LogP contribution in [-0.4, -0.2) is 29.2 Å². The van der Waals surface area contributed by atoms with Crippen molar-refractivity contribution in [2.45, 2.75) is 71.9 Å². The highest BCUT2D eigenvalue weighted by atomic mass is 19.4. The van der Waals surface area contributed by atoms with Crippen molar-refractivity contribution in [3.63, 3.8) is 0 Å². The molecule has 0 saturated heterocycles. The minimum Gasteiger partial charge on any atom is -0.497 e. The van der Waals surface area contributed by atoms with Crippen molar-refractivity contribution >= 4 is 5.97 Å². The van der Waals surface area contributed by atoms with E-state index in [1.807, 2.05) is 6.92 Å². The van der Waals surface area contributed by atoms with Gasteiger partial charge >= 0.3 is 12.1 Å². The van der Waals surface area contributed by atoms with E-state index in [1.54, 1.807) is 38.3 Å². The minimum absolute atomic E-state index is 0.0207. The molecule has 3 rings (SSSR count). The molecule has 10 heteroatoms. The predicted octanol–water partition coefficient (Wildman–Crippen LogP) is 7.10. The van der Waals surface area contributed by atoms with Gasteiger partial charge < -0.3 is 18.9 Å². The number of carbonyl (C=O) groups excluding carboxylic acids is 1. The third-order valence-electron chi connectivity index (χ3n) is 6.01. The third-order valence-corrected chi connectivity index (χ3v) is 6.01. The molecule has 0 radical (unpaired) electrons. The molecule has 0 aliphatic carbocycles. The van der Waals surface area contributed by atoms with E-state index in [9.17, 15) is 18.0 Å². The Bertz CT molecular complexity index is 1230. The molecule has 0 aliphatic rings. The first-order valence-electron chi connectivity index (χ1n) is 12.8. The number of nitrogens with zero attached hydrogens (tertiary/aromatic N) is 2. The second kappa shape index (κ2) is 13.8. The Morgan fingerprint density at radius 2 is 1.69 bits per heavy atom. The van der Waals surface area contributed by atoms with Gasteiger partial charge in [0, 0.05) is 5.56 Å². The van der Waals surface area contributed by atoms with Gasteiger partial charge in [0.15, 0.2) is 11.5 Å². The first-order valence-corrected chi connectivity index (χ1v) is 12.8. The van der Waals surface area contributed by atoms with Crippen LogP contribution < -0.4 is 14.2 Å². The average molecular weight is 547 g/mol. The predicted molar refractivity (Wildman–Crippen MR) is 139 cm³/mol. The lowest BCUT2D eigenvalue weighted by molar-refractivity contribution is -0.137. The number of ether oxygens (including phenoxy) is 4. The van der Waals surface area contributed by atoms with Crippen molar-refractivity contribution in [2.75, 3.05) is 7.11 Å². The minimum atomic E-state index is -4.47. The topological polar surface area (TPSA) is 79.8 Å². The lowest BCUT2D eigenvalue weighted by Gasteiger charge is -2.18. The van der Waals surface area contributed by atoms with E-state index >= 15 is 0 Å². The number of unbranched alkanes of at least 4 members (excludes halogenated alkanes) is 1. The van der Waals surface area contributed by atoms with Crippen LogP contribution in [0.3, 0.4) is 0 Å². The van der Waals surface area contributed by atoms with Gasteiger partial charge in [-0.05, 0) is 61.7 Å². The van der Waals surface area contributed by atoms with Crippen LogP contribution in [0.4, 0.5) is 13.2 Å². The molecule has 1 unspecified atom stereocenters. The van der Waals surface area contributed by atoms with Gasteiger partial charge in [-0.15, -0.1) is 0 Å². The molecule has 0 amide bonds. The third kappa shape index (κ3) is 8.59. The van der Waals surface area contributed by atoms with E-state index in [0.717, 1.165) is 31.4 Å². The van der Waals surface area contributed by atoms with Crippen LogP contribution in [-0.2, 0) is 24.1 Å². The molecule has 1 atom stereocenters. The van der Waals surface area contributed by atoms with Crippen LogP contribution in [0, 0.1) is 6.92 Å². The highest BCUT2D eigenvalue weighted by molar-refractivity contribution is 5.89. The summed E-state index contributed by atoms with van der Waals surface area (Å²) in [5.74, 6) is 0.791. The normalized spacial score (nSPS) is 12.1.